The van der Waals surface area contributed by atoms with Crippen LogP contribution in [0.4, 0.5) is 0 Å². The van der Waals surface area contributed by atoms with Gasteiger partial charge in [0, 0.05) is 4.47 Å². The van der Waals surface area contributed by atoms with Crippen LogP contribution in [-0.2, 0) is 9.59 Å². The van der Waals surface area contributed by atoms with Gasteiger partial charge in [0.05, 0.1) is 18.1 Å². The van der Waals surface area contributed by atoms with Crippen LogP contribution in [-0.4, -0.2) is 23.0 Å². The lowest BCUT2D eigenvalue weighted by molar-refractivity contribution is -0.141. The van der Waals surface area contributed by atoms with Crippen LogP contribution in [0.1, 0.15) is 24.0 Å². The number of fused-ring (bicyclic) bond motifs is 3. The number of aryl methyl sites for hydroxylation is 1. The van der Waals surface area contributed by atoms with E-state index in [4.69, 9.17) is 0 Å². The Morgan fingerprint density at radius 3 is 2.33 bits per heavy atom. The molecule has 0 aromatic heterocycles. The van der Waals surface area contributed by atoms with Crippen molar-refractivity contribution >= 4 is 34.0 Å². The van der Waals surface area contributed by atoms with Crippen LogP contribution in [0.25, 0.3) is 0 Å². The molecule has 1 aliphatic heterocycles. The Morgan fingerprint density at radius 2 is 1.79 bits per heavy atom. The molecule has 4 nitrogen and oxygen atoms in total. The number of carbonyl (C=O) groups is 2. The summed E-state index contributed by atoms with van der Waals surface area (Å²) in [5.41, 5.74) is 2.23. The van der Waals surface area contributed by atoms with E-state index < -0.39 is 0 Å². The first kappa shape index (κ1) is 14.6. The third-order valence-electron chi connectivity index (χ3n) is 6.35. The van der Waals surface area contributed by atoms with E-state index in [1.807, 2.05) is 25.1 Å². The van der Waals surface area contributed by atoms with E-state index in [1.165, 1.54) is 0 Å². The Bertz CT molecular complexity index is 806. The highest BCUT2D eigenvalue weighted by Gasteiger charge is 2.73. The number of hydrogen-bond donors (Lipinski definition) is 0. The van der Waals surface area contributed by atoms with Crippen molar-refractivity contribution in [3.8, 4) is 0 Å². The van der Waals surface area contributed by atoms with Gasteiger partial charge in [-0.15, -0.1) is 0 Å². The molecule has 3 fully saturated rings. The van der Waals surface area contributed by atoms with Crippen molar-refractivity contribution in [3.63, 3.8) is 0 Å². The molecule has 1 saturated heterocycles. The number of amides is 2. The Balaban J connectivity index is 1.43. The lowest BCUT2D eigenvalue weighted by Gasteiger charge is -2.18. The topological polar surface area (TPSA) is 49.7 Å². The van der Waals surface area contributed by atoms with Gasteiger partial charge in [0.2, 0.25) is 0 Å². The number of imide groups is 1. The third kappa shape index (κ3) is 1.71. The molecule has 4 aliphatic rings. The smallest absolute Gasteiger partial charge is 0.254 e. The maximum absolute atomic E-state index is 12.8. The molecular weight excluding hydrogens is 368 g/mol. The number of allylic oxidation sites excluding steroid dienone is 2. The fraction of sp³-hybridized carbons (Fsp3) is 0.421. The first-order valence-corrected chi connectivity index (χ1v) is 9.18. The summed E-state index contributed by atoms with van der Waals surface area (Å²) < 4.78 is 0.986. The van der Waals surface area contributed by atoms with Gasteiger partial charge < -0.3 is 0 Å². The molecule has 1 heterocycles. The molecule has 122 valence electrons. The van der Waals surface area contributed by atoms with E-state index in [0.29, 0.717) is 0 Å². The Hall–Kier alpha value is -1.75. The summed E-state index contributed by atoms with van der Waals surface area (Å²) in [5, 5.41) is 5.35. The summed E-state index contributed by atoms with van der Waals surface area (Å²) in [6.45, 7) is 2.01. The van der Waals surface area contributed by atoms with Crippen LogP contribution < -0.4 is 0 Å². The summed E-state index contributed by atoms with van der Waals surface area (Å²) in [6, 6.07) is 5.85. The first-order chi connectivity index (χ1) is 11.5. The number of nitrogens with zero attached hydrogens (tertiary/aromatic N) is 2. The van der Waals surface area contributed by atoms with Crippen LogP contribution in [0.15, 0.2) is 39.9 Å². The Kier molecular flexibility index (Phi) is 2.83. The van der Waals surface area contributed by atoms with Crippen molar-refractivity contribution in [2.45, 2.75) is 19.8 Å². The molecular formula is C19H17BrN2O2. The Labute approximate surface area is 148 Å². The molecule has 3 aliphatic carbocycles. The molecule has 24 heavy (non-hydrogen) atoms. The number of hydrazone groups is 1. The zero-order chi connectivity index (χ0) is 16.6. The first-order valence-electron chi connectivity index (χ1n) is 8.39. The molecule has 0 unspecified atom stereocenters. The van der Waals surface area contributed by atoms with E-state index in [0.717, 1.165) is 33.5 Å². The molecule has 1 aromatic rings. The van der Waals surface area contributed by atoms with Crippen LogP contribution in [0.5, 0.6) is 0 Å². The number of rotatable bonds is 2. The van der Waals surface area contributed by atoms with E-state index in [1.54, 1.807) is 6.21 Å². The molecule has 1 aromatic carbocycles. The normalized spacial score (nSPS) is 34.8. The second kappa shape index (κ2) is 4.66. The van der Waals surface area contributed by atoms with Crippen molar-refractivity contribution in [2.24, 2.45) is 34.2 Å². The minimum Gasteiger partial charge on any atom is -0.272 e. The van der Waals surface area contributed by atoms with Crippen LogP contribution in [0, 0.1) is 36.0 Å². The van der Waals surface area contributed by atoms with Crippen molar-refractivity contribution in [1.29, 1.82) is 0 Å². The van der Waals surface area contributed by atoms with Crippen molar-refractivity contribution < 1.29 is 9.59 Å². The van der Waals surface area contributed by atoms with Gasteiger partial charge in [0.1, 0.15) is 0 Å². The van der Waals surface area contributed by atoms with Crippen LogP contribution >= 0.6 is 15.9 Å². The maximum atomic E-state index is 12.8. The molecule has 4 atom stereocenters. The van der Waals surface area contributed by atoms with Crippen LogP contribution in [0.3, 0.4) is 0 Å². The highest BCUT2D eigenvalue weighted by atomic mass is 79.9. The van der Waals surface area contributed by atoms with E-state index in [9.17, 15) is 9.59 Å². The molecule has 5 heteroatoms. The monoisotopic (exact) mass is 384 g/mol. The zero-order valence-corrected chi connectivity index (χ0v) is 14.9. The Morgan fingerprint density at radius 1 is 1.17 bits per heavy atom. The van der Waals surface area contributed by atoms with Gasteiger partial charge in [0.25, 0.3) is 11.8 Å². The number of hydrogen-bond acceptors (Lipinski definition) is 3. The molecule has 0 N–H and O–H groups in total. The fourth-order valence-corrected chi connectivity index (χ4v) is 5.39. The number of benzene rings is 1. The summed E-state index contributed by atoms with van der Waals surface area (Å²) in [5.74, 6) is -0.102. The van der Waals surface area contributed by atoms with Gasteiger partial charge in [-0.2, -0.15) is 10.1 Å². The van der Waals surface area contributed by atoms with Gasteiger partial charge in [-0.25, -0.2) is 0 Å². The molecule has 2 bridgehead atoms. The zero-order valence-electron chi connectivity index (χ0n) is 13.3. The summed E-state index contributed by atoms with van der Waals surface area (Å²) in [7, 11) is 0. The highest BCUT2D eigenvalue weighted by molar-refractivity contribution is 9.10. The molecule has 2 amide bonds. The lowest BCUT2D eigenvalue weighted by atomic mass is 9.85. The predicted octanol–water partition coefficient (Wildman–Crippen LogP) is 3.29. The molecule has 5 rings (SSSR count). The minimum absolute atomic E-state index is 0.115. The molecule has 2 saturated carbocycles. The standard InChI is InChI=1S/C19H17BrN2O2/c1-10-2-3-11(8-14(10)20)9-21-22-17(23)15-12-4-5-13(16(15)18(22)24)19(12)6-7-19/h2-5,8-9,12-13,15-16H,6-7H2,1H3/b21-9-/t12-,13-,15+,16+/m1/s1. The quantitative estimate of drug-likeness (QED) is 0.446. The lowest BCUT2D eigenvalue weighted by Crippen LogP contribution is -2.30. The summed E-state index contributed by atoms with van der Waals surface area (Å²) in [6.07, 6.45) is 8.26. The SMILES string of the molecule is Cc1ccc(/C=N\N2C(=O)[C@@H]3[C@@H](C2=O)[C@H]2C=C[C@H]3C23CC3)cc1Br. The average Bonchev–Trinajstić information content (AvgIpc) is 3.16. The number of carbonyl (C=O) groups excluding carboxylic acids is 2. The van der Waals surface area contributed by atoms with Gasteiger partial charge in [-0.1, -0.05) is 40.2 Å². The van der Waals surface area contributed by atoms with Crippen molar-refractivity contribution in [3.05, 3.63) is 46.0 Å². The summed E-state index contributed by atoms with van der Waals surface area (Å²) >= 11 is 3.49. The average molecular weight is 385 g/mol. The van der Waals surface area contributed by atoms with Crippen LogP contribution in [0.2, 0.25) is 0 Å². The number of halogens is 1. The van der Waals surface area contributed by atoms with Gasteiger partial charge in [-0.3, -0.25) is 9.59 Å². The highest BCUT2D eigenvalue weighted by Crippen LogP contribution is 2.73. The largest absolute Gasteiger partial charge is 0.272 e. The predicted molar refractivity (Wildman–Crippen MR) is 93.1 cm³/mol. The second-order valence-corrected chi connectivity index (χ2v) is 8.32. The van der Waals surface area contributed by atoms with E-state index in [-0.39, 0.29) is 40.9 Å². The second-order valence-electron chi connectivity index (χ2n) is 7.46. The fourth-order valence-electron chi connectivity index (χ4n) is 4.99. The van der Waals surface area contributed by atoms with Crippen molar-refractivity contribution in [1.82, 2.24) is 5.01 Å². The van der Waals surface area contributed by atoms with Gasteiger partial charge >= 0.3 is 0 Å². The minimum atomic E-state index is -0.183. The van der Waals surface area contributed by atoms with E-state index >= 15 is 0 Å². The molecule has 0 radical (unpaired) electrons. The maximum Gasteiger partial charge on any atom is 0.254 e. The summed E-state index contributed by atoms with van der Waals surface area (Å²) in [4.78, 5) is 25.6. The third-order valence-corrected chi connectivity index (χ3v) is 7.20. The van der Waals surface area contributed by atoms with Crippen molar-refractivity contribution in [2.75, 3.05) is 0 Å². The van der Waals surface area contributed by atoms with E-state index in [2.05, 4.69) is 33.2 Å². The van der Waals surface area contributed by atoms with Gasteiger partial charge in [0.15, 0.2) is 0 Å². The molecule has 1 spiro atoms. The van der Waals surface area contributed by atoms with Gasteiger partial charge in [-0.05, 0) is 54.2 Å².